The van der Waals surface area contributed by atoms with Gasteiger partial charge in [0.15, 0.2) is 0 Å². The Morgan fingerprint density at radius 2 is 2.00 bits per heavy atom. The summed E-state index contributed by atoms with van der Waals surface area (Å²) in [5, 5.41) is 12.1. The van der Waals surface area contributed by atoms with Crippen LogP contribution in [0.4, 0.5) is 4.79 Å². The number of hydrogen-bond acceptors (Lipinski definition) is 4. The fourth-order valence-electron chi connectivity index (χ4n) is 2.57. The van der Waals surface area contributed by atoms with Gasteiger partial charge in [0.25, 0.3) is 0 Å². The summed E-state index contributed by atoms with van der Waals surface area (Å²) in [5.41, 5.74) is -1.20. The van der Waals surface area contributed by atoms with Crippen molar-refractivity contribution in [2.24, 2.45) is 0 Å². The molecule has 7 nitrogen and oxygen atoms in total. The fraction of sp³-hybridized carbons (Fsp3) is 0.846. The van der Waals surface area contributed by atoms with E-state index in [0.717, 1.165) is 6.42 Å². The number of carboxylic acid groups (broad SMARTS) is 1. The molecule has 7 heteroatoms. The summed E-state index contributed by atoms with van der Waals surface area (Å²) in [5.74, 6) is -0.992. The summed E-state index contributed by atoms with van der Waals surface area (Å²) in [4.78, 5) is 25.5. The van der Waals surface area contributed by atoms with Gasteiger partial charge in [-0.15, -0.1) is 0 Å². The van der Waals surface area contributed by atoms with Gasteiger partial charge in [-0.3, -0.25) is 0 Å². The largest absolute Gasteiger partial charge is 0.480 e. The molecule has 0 saturated carbocycles. The molecule has 2 N–H and O–H groups in total. The summed E-state index contributed by atoms with van der Waals surface area (Å²) < 4.78 is 10.7. The highest BCUT2D eigenvalue weighted by Gasteiger charge is 2.42. The predicted octanol–water partition coefficient (Wildman–Crippen LogP) is 0.441. The minimum atomic E-state index is -1.20. The molecular formula is C13H22N2O5. The monoisotopic (exact) mass is 286 g/mol. The second kappa shape index (κ2) is 6.41. The van der Waals surface area contributed by atoms with Crippen molar-refractivity contribution in [3.63, 3.8) is 0 Å². The maximum absolute atomic E-state index is 12.3. The number of rotatable bonds is 2. The molecule has 2 aliphatic heterocycles. The molecule has 2 fully saturated rings. The molecule has 2 aliphatic rings. The highest BCUT2D eigenvalue weighted by atomic mass is 16.5. The van der Waals surface area contributed by atoms with E-state index in [4.69, 9.17) is 9.47 Å². The lowest BCUT2D eigenvalue weighted by molar-refractivity contribution is -0.148. The van der Waals surface area contributed by atoms with Crippen LogP contribution >= 0.6 is 0 Å². The first-order valence-corrected chi connectivity index (χ1v) is 7.03. The van der Waals surface area contributed by atoms with Crippen LogP contribution in [0, 0.1) is 0 Å². The number of aliphatic carboxylic acids is 1. The molecule has 2 heterocycles. The lowest BCUT2D eigenvalue weighted by Gasteiger charge is -2.36. The second-order valence-electron chi connectivity index (χ2n) is 5.41. The average Bonchev–Trinajstić information content (AvgIpc) is 2.64. The molecule has 2 amide bonds. The van der Waals surface area contributed by atoms with Gasteiger partial charge in [-0.25, -0.2) is 9.59 Å². The van der Waals surface area contributed by atoms with Crippen LogP contribution in [0.3, 0.4) is 0 Å². The summed E-state index contributed by atoms with van der Waals surface area (Å²) >= 11 is 0. The predicted molar refractivity (Wildman–Crippen MR) is 70.6 cm³/mol. The Bertz CT molecular complexity index is 368. The molecule has 1 unspecified atom stereocenters. The average molecular weight is 286 g/mol. The normalized spacial score (nSPS) is 26.6. The Labute approximate surface area is 118 Å². The van der Waals surface area contributed by atoms with E-state index in [9.17, 15) is 14.7 Å². The molecule has 0 radical (unpaired) electrons. The second-order valence-corrected chi connectivity index (χ2v) is 5.41. The smallest absolute Gasteiger partial charge is 0.329 e. The van der Waals surface area contributed by atoms with Gasteiger partial charge in [0.2, 0.25) is 0 Å². The molecule has 0 spiro atoms. The maximum atomic E-state index is 12.3. The quantitative estimate of drug-likeness (QED) is 0.769. The van der Waals surface area contributed by atoms with E-state index in [1.807, 2.05) is 6.92 Å². The van der Waals surface area contributed by atoms with Crippen molar-refractivity contribution in [3.8, 4) is 0 Å². The minimum Gasteiger partial charge on any atom is -0.480 e. The van der Waals surface area contributed by atoms with E-state index in [1.165, 1.54) is 0 Å². The summed E-state index contributed by atoms with van der Waals surface area (Å²) in [6.07, 6.45) is 1.33. The SMILES string of the molecule is CC1CN(C(=O)NC2(C(=O)O)CCOCC2)CCCO1. The maximum Gasteiger partial charge on any atom is 0.329 e. The van der Waals surface area contributed by atoms with Gasteiger partial charge in [0.05, 0.1) is 6.10 Å². The van der Waals surface area contributed by atoms with E-state index in [-0.39, 0.29) is 12.1 Å². The standard InChI is InChI=1S/C13H22N2O5/c1-10-9-15(5-2-6-20-10)12(18)14-13(11(16)17)3-7-19-8-4-13/h10H,2-9H2,1H3,(H,14,18)(H,16,17). The summed E-state index contributed by atoms with van der Waals surface area (Å²) in [6, 6.07) is -0.327. The molecule has 0 bridgehead atoms. The lowest BCUT2D eigenvalue weighted by Crippen LogP contribution is -2.60. The van der Waals surface area contributed by atoms with Gasteiger partial charge < -0.3 is 24.8 Å². The van der Waals surface area contributed by atoms with Crippen molar-refractivity contribution < 1.29 is 24.2 Å². The number of carboxylic acids is 1. The van der Waals surface area contributed by atoms with Crippen molar-refractivity contribution in [2.75, 3.05) is 32.9 Å². The highest BCUT2D eigenvalue weighted by molar-refractivity contribution is 5.86. The zero-order chi connectivity index (χ0) is 14.6. The van der Waals surface area contributed by atoms with Crippen LogP contribution in [0.5, 0.6) is 0 Å². The third-order valence-electron chi connectivity index (χ3n) is 3.84. The molecule has 0 aliphatic carbocycles. The third kappa shape index (κ3) is 3.40. The Morgan fingerprint density at radius 3 is 2.65 bits per heavy atom. The zero-order valence-corrected chi connectivity index (χ0v) is 11.8. The first kappa shape index (κ1) is 15.1. The number of carbonyl (C=O) groups is 2. The minimum absolute atomic E-state index is 0.0290. The Balaban J connectivity index is 2.02. The molecule has 1 atom stereocenters. The summed E-state index contributed by atoms with van der Waals surface area (Å²) in [6.45, 7) is 4.31. The van der Waals surface area contributed by atoms with E-state index < -0.39 is 11.5 Å². The number of amides is 2. The van der Waals surface area contributed by atoms with E-state index in [2.05, 4.69) is 5.32 Å². The molecule has 114 valence electrons. The van der Waals surface area contributed by atoms with Crippen LogP contribution < -0.4 is 5.32 Å². The third-order valence-corrected chi connectivity index (χ3v) is 3.84. The van der Waals surface area contributed by atoms with Crippen LogP contribution in [-0.2, 0) is 14.3 Å². The number of urea groups is 1. The van der Waals surface area contributed by atoms with Crippen LogP contribution in [-0.4, -0.2) is 66.6 Å². The van der Waals surface area contributed by atoms with Crippen LogP contribution in [0.2, 0.25) is 0 Å². The molecular weight excluding hydrogens is 264 g/mol. The number of ether oxygens (including phenoxy) is 2. The van der Waals surface area contributed by atoms with E-state index in [1.54, 1.807) is 4.90 Å². The van der Waals surface area contributed by atoms with Gasteiger partial charge in [0, 0.05) is 45.8 Å². The molecule has 2 saturated heterocycles. The van der Waals surface area contributed by atoms with Gasteiger partial charge in [-0.1, -0.05) is 0 Å². The Hall–Kier alpha value is -1.34. The fourth-order valence-corrected chi connectivity index (χ4v) is 2.57. The molecule has 0 aromatic heterocycles. The van der Waals surface area contributed by atoms with Crippen molar-refractivity contribution in [2.45, 2.75) is 37.8 Å². The van der Waals surface area contributed by atoms with Crippen molar-refractivity contribution >= 4 is 12.0 Å². The first-order valence-electron chi connectivity index (χ1n) is 7.03. The molecule has 20 heavy (non-hydrogen) atoms. The van der Waals surface area contributed by atoms with Gasteiger partial charge in [-0.05, 0) is 13.3 Å². The number of hydrogen-bond donors (Lipinski definition) is 2. The first-order chi connectivity index (χ1) is 9.53. The van der Waals surface area contributed by atoms with Crippen molar-refractivity contribution in [1.82, 2.24) is 10.2 Å². The Morgan fingerprint density at radius 1 is 1.30 bits per heavy atom. The molecule has 0 aromatic carbocycles. The lowest BCUT2D eigenvalue weighted by atomic mass is 9.90. The van der Waals surface area contributed by atoms with Gasteiger partial charge in [0.1, 0.15) is 5.54 Å². The van der Waals surface area contributed by atoms with Crippen LogP contribution in [0.15, 0.2) is 0 Å². The highest BCUT2D eigenvalue weighted by Crippen LogP contribution is 2.21. The molecule has 2 rings (SSSR count). The Kier molecular flexibility index (Phi) is 4.82. The molecule has 0 aromatic rings. The van der Waals surface area contributed by atoms with Crippen molar-refractivity contribution in [1.29, 1.82) is 0 Å². The van der Waals surface area contributed by atoms with Gasteiger partial charge in [-0.2, -0.15) is 0 Å². The van der Waals surface area contributed by atoms with Crippen molar-refractivity contribution in [3.05, 3.63) is 0 Å². The number of nitrogens with one attached hydrogen (secondary N) is 1. The summed E-state index contributed by atoms with van der Waals surface area (Å²) in [7, 11) is 0. The van der Waals surface area contributed by atoms with Gasteiger partial charge >= 0.3 is 12.0 Å². The van der Waals surface area contributed by atoms with E-state index >= 15 is 0 Å². The number of carbonyl (C=O) groups excluding carboxylic acids is 1. The van der Waals surface area contributed by atoms with Crippen LogP contribution in [0.25, 0.3) is 0 Å². The number of nitrogens with zero attached hydrogens (tertiary/aromatic N) is 1. The zero-order valence-electron chi connectivity index (χ0n) is 11.8. The van der Waals surface area contributed by atoms with Crippen LogP contribution in [0.1, 0.15) is 26.2 Å². The van der Waals surface area contributed by atoms with E-state index in [0.29, 0.717) is 45.8 Å². The topological polar surface area (TPSA) is 88.1 Å².